The summed E-state index contributed by atoms with van der Waals surface area (Å²) in [5.74, 6) is -0.0319. The molecule has 3 nitrogen and oxygen atoms in total. The maximum atomic E-state index is 11.6. The molecule has 0 heterocycles. The molecule has 0 saturated carbocycles. The topological polar surface area (TPSA) is 46.2 Å². The van der Waals surface area contributed by atoms with Crippen molar-refractivity contribution in [3.63, 3.8) is 0 Å². The van der Waals surface area contributed by atoms with Crippen molar-refractivity contribution in [2.45, 2.75) is 39.0 Å². The van der Waals surface area contributed by atoms with Crippen molar-refractivity contribution in [1.29, 1.82) is 0 Å². The number of amides is 1. The standard InChI is InChI=1S/C15H20BrNO2/c1-11(18)8-9-14(19)17-10-15(2,3)12-6-4-5-7-13(12)16/h4-7H,8-10H2,1-3H3,(H,17,19). The number of benzene rings is 1. The Balaban J connectivity index is 2.58. The van der Waals surface area contributed by atoms with Crippen LogP contribution in [0.5, 0.6) is 0 Å². The second-order valence-corrected chi connectivity index (χ2v) is 6.20. The van der Waals surface area contributed by atoms with Crippen LogP contribution >= 0.6 is 15.9 Å². The van der Waals surface area contributed by atoms with Crippen molar-refractivity contribution in [2.75, 3.05) is 6.54 Å². The Morgan fingerprint density at radius 2 is 1.84 bits per heavy atom. The fourth-order valence-corrected chi connectivity index (χ4v) is 2.62. The lowest BCUT2D eigenvalue weighted by molar-refractivity contribution is -0.124. The molecule has 4 heteroatoms. The monoisotopic (exact) mass is 325 g/mol. The van der Waals surface area contributed by atoms with Gasteiger partial charge in [0.1, 0.15) is 5.78 Å². The van der Waals surface area contributed by atoms with Gasteiger partial charge >= 0.3 is 0 Å². The molecule has 0 aromatic heterocycles. The summed E-state index contributed by atoms with van der Waals surface area (Å²) in [6.07, 6.45) is 0.572. The second kappa shape index (κ2) is 6.85. The molecule has 1 rings (SSSR count). The van der Waals surface area contributed by atoms with E-state index in [0.29, 0.717) is 13.0 Å². The molecule has 0 bridgehead atoms. The van der Waals surface area contributed by atoms with Crippen molar-refractivity contribution in [2.24, 2.45) is 0 Å². The van der Waals surface area contributed by atoms with E-state index in [2.05, 4.69) is 35.1 Å². The summed E-state index contributed by atoms with van der Waals surface area (Å²) in [5.41, 5.74) is 0.994. The van der Waals surface area contributed by atoms with Crippen molar-refractivity contribution in [3.05, 3.63) is 34.3 Å². The van der Waals surface area contributed by atoms with Crippen LogP contribution in [0.2, 0.25) is 0 Å². The molecule has 0 saturated heterocycles. The summed E-state index contributed by atoms with van der Waals surface area (Å²) in [4.78, 5) is 22.5. The smallest absolute Gasteiger partial charge is 0.220 e. The van der Waals surface area contributed by atoms with Gasteiger partial charge in [0.15, 0.2) is 0 Å². The normalized spacial score (nSPS) is 11.2. The van der Waals surface area contributed by atoms with Crippen molar-refractivity contribution in [1.82, 2.24) is 5.32 Å². The summed E-state index contributed by atoms with van der Waals surface area (Å²) in [6, 6.07) is 8.00. The van der Waals surface area contributed by atoms with Crippen LogP contribution in [0.4, 0.5) is 0 Å². The van der Waals surface area contributed by atoms with Crippen LogP contribution in [0.3, 0.4) is 0 Å². The Hall–Kier alpha value is -1.16. The average molecular weight is 326 g/mol. The predicted octanol–water partition coefficient (Wildman–Crippen LogP) is 3.21. The minimum atomic E-state index is -0.161. The van der Waals surface area contributed by atoms with Crippen LogP contribution in [0.15, 0.2) is 28.7 Å². The Morgan fingerprint density at radius 3 is 2.42 bits per heavy atom. The molecule has 1 amide bonds. The number of carbonyl (C=O) groups excluding carboxylic acids is 2. The molecular weight excluding hydrogens is 306 g/mol. The number of nitrogens with one attached hydrogen (secondary N) is 1. The third-order valence-corrected chi connectivity index (χ3v) is 3.73. The zero-order valence-electron chi connectivity index (χ0n) is 11.6. The minimum Gasteiger partial charge on any atom is -0.355 e. The molecular formula is C15H20BrNO2. The summed E-state index contributed by atoms with van der Waals surface area (Å²) in [7, 11) is 0. The number of rotatable bonds is 6. The third kappa shape index (κ3) is 5.15. The first-order valence-corrected chi connectivity index (χ1v) is 7.13. The van der Waals surface area contributed by atoms with Gasteiger partial charge in [-0.25, -0.2) is 0 Å². The highest BCUT2D eigenvalue weighted by Crippen LogP contribution is 2.29. The van der Waals surface area contributed by atoms with Crippen molar-refractivity contribution >= 4 is 27.6 Å². The van der Waals surface area contributed by atoms with E-state index in [-0.39, 0.29) is 23.5 Å². The van der Waals surface area contributed by atoms with Crippen molar-refractivity contribution in [3.8, 4) is 0 Å². The van der Waals surface area contributed by atoms with E-state index in [1.54, 1.807) is 0 Å². The average Bonchev–Trinajstić information content (AvgIpc) is 2.34. The summed E-state index contributed by atoms with van der Waals surface area (Å²) >= 11 is 3.53. The Bertz CT molecular complexity index is 469. The SMILES string of the molecule is CC(=O)CCC(=O)NCC(C)(C)c1ccccc1Br. The molecule has 0 aliphatic carbocycles. The molecule has 0 radical (unpaired) electrons. The predicted molar refractivity (Wildman–Crippen MR) is 80.1 cm³/mol. The first kappa shape index (κ1) is 15.9. The maximum Gasteiger partial charge on any atom is 0.220 e. The van der Waals surface area contributed by atoms with Crippen LogP contribution in [0, 0.1) is 0 Å². The molecule has 0 unspecified atom stereocenters. The molecule has 1 N–H and O–H groups in total. The number of carbonyl (C=O) groups is 2. The minimum absolute atomic E-state index is 0.0419. The zero-order valence-corrected chi connectivity index (χ0v) is 13.2. The summed E-state index contributed by atoms with van der Waals surface area (Å²) in [6.45, 7) is 6.21. The lowest BCUT2D eigenvalue weighted by Crippen LogP contribution is -2.36. The van der Waals surface area contributed by atoms with E-state index in [1.807, 2.05) is 24.3 Å². The number of hydrogen-bond donors (Lipinski definition) is 1. The van der Waals surface area contributed by atoms with E-state index < -0.39 is 0 Å². The van der Waals surface area contributed by atoms with E-state index >= 15 is 0 Å². The number of Topliss-reactive ketones (excluding diaryl/α,β-unsaturated/α-hetero) is 1. The quantitative estimate of drug-likeness (QED) is 0.872. The van der Waals surface area contributed by atoms with E-state index in [0.717, 1.165) is 10.0 Å². The number of ketones is 1. The summed E-state index contributed by atoms with van der Waals surface area (Å²) in [5, 5.41) is 2.89. The van der Waals surface area contributed by atoms with Gasteiger partial charge < -0.3 is 10.1 Å². The van der Waals surface area contributed by atoms with Gasteiger partial charge in [0.2, 0.25) is 5.91 Å². The highest BCUT2D eigenvalue weighted by atomic mass is 79.9. The Morgan fingerprint density at radius 1 is 1.21 bits per heavy atom. The van der Waals surface area contributed by atoms with Gasteiger partial charge in [0, 0.05) is 29.3 Å². The van der Waals surface area contributed by atoms with E-state index in [1.165, 1.54) is 6.92 Å². The van der Waals surface area contributed by atoms with Crippen LogP contribution in [-0.4, -0.2) is 18.2 Å². The zero-order chi connectivity index (χ0) is 14.5. The summed E-state index contributed by atoms with van der Waals surface area (Å²) < 4.78 is 1.04. The molecule has 1 aromatic rings. The van der Waals surface area contributed by atoms with Crippen LogP contribution in [-0.2, 0) is 15.0 Å². The maximum absolute atomic E-state index is 11.6. The van der Waals surface area contributed by atoms with Gasteiger partial charge in [-0.05, 0) is 18.6 Å². The molecule has 0 aliphatic rings. The molecule has 0 aliphatic heterocycles. The fraction of sp³-hybridized carbons (Fsp3) is 0.467. The molecule has 0 atom stereocenters. The number of hydrogen-bond acceptors (Lipinski definition) is 2. The first-order chi connectivity index (χ1) is 8.83. The van der Waals surface area contributed by atoms with Gasteiger partial charge in [-0.15, -0.1) is 0 Å². The Labute approximate surface area is 122 Å². The third-order valence-electron chi connectivity index (χ3n) is 3.03. The highest BCUT2D eigenvalue weighted by Gasteiger charge is 2.23. The van der Waals surface area contributed by atoms with Gasteiger partial charge in [0.25, 0.3) is 0 Å². The molecule has 19 heavy (non-hydrogen) atoms. The van der Waals surface area contributed by atoms with Crippen molar-refractivity contribution < 1.29 is 9.59 Å². The lowest BCUT2D eigenvalue weighted by Gasteiger charge is -2.26. The first-order valence-electron chi connectivity index (χ1n) is 6.34. The molecule has 0 spiro atoms. The van der Waals surface area contributed by atoms with E-state index in [4.69, 9.17) is 0 Å². The highest BCUT2D eigenvalue weighted by molar-refractivity contribution is 9.10. The van der Waals surface area contributed by atoms with E-state index in [9.17, 15) is 9.59 Å². The van der Waals surface area contributed by atoms with Crippen LogP contribution < -0.4 is 5.32 Å². The van der Waals surface area contributed by atoms with Gasteiger partial charge in [-0.2, -0.15) is 0 Å². The van der Waals surface area contributed by atoms with Gasteiger partial charge in [-0.3, -0.25) is 4.79 Å². The fourth-order valence-electron chi connectivity index (χ4n) is 1.80. The van der Waals surface area contributed by atoms with Crippen LogP contribution in [0.25, 0.3) is 0 Å². The molecule has 1 aromatic carbocycles. The largest absolute Gasteiger partial charge is 0.355 e. The van der Waals surface area contributed by atoms with Gasteiger partial charge in [0.05, 0.1) is 0 Å². The molecule has 0 fully saturated rings. The van der Waals surface area contributed by atoms with Gasteiger partial charge in [-0.1, -0.05) is 48.0 Å². The second-order valence-electron chi connectivity index (χ2n) is 5.34. The number of halogens is 1. The Kier molecular flexibility index (Phi) is 5.73. The lowest BCUT2D eigenvalue weighted by atomic mass is 9.84. The molecule has 104 valence electrons. The van der Waals surface area contributed by atoms with Crippen LogP contribution in [0.1, 0.15) is 39.2 Å².